The zero-order valence-corrected chi connectivity index (χ0v) is 12.1. The van der Waals surface area contributed by atoms with E-state index in [0.717, 1.165) is 18.1 Å². The van der Waals surface area contributed by atoms with Gasteiger partial charge in [-0.25, -0.2) is 8.78 Å². The van der Waals surface area contributed by atoms with Crippen molar-refractivity contribution in [3.05, 3.63) is 33.4 Å². The molecule has 1 aliphatic heterocycles. The minimum absolute atomic E-state index is 0.0782. The van der Waals surface area contributed by atoms with Gasteiger partial charge >= 0.3 is 5.69 Å². The van der Waals surface area contributed by atoms with E-state index in [1.54, 1.807) is 11.0 Å². The lowest BCUT2D eigenvalue weighted by atomic mass is 10.0. The van der Waals surface area contributed by atoms with Gasteiger partial charge in [0.15, 0.2) is 5.75 Å². The van der Waals surface area contributed by atoms with Crippen LogP contribution < -0.4 is 4.74 Å². The largest absolute Gasteiger partial charge is 0.490 e. The van der Waals surface area contributed by atoms with Gasteiger partial charge in [-0.3, -0.25) is 15.0 Å². The number of nitrogens with zero attached hydrogens (tertiary/aromatic N) is 2. The van der Waals surface area contributed by atoms with Gasteiger partial charge in [0.05, 0.1) is 18.6 Å². The number of benzene rings is 1. The molecule has 0 unspecified atom stereocenters. The molecule has 5 nitrogen and oxygen atoms in total. The molecule has 21 heavy (non-hydrogen) atoms. The van der Waals surface area contributed by atoms with Gasteiger partial charge in [0, 0.05) is 26.1 Å². The van der Waals surface area contributed by atoms with E-state index in [1.807, 2.05) is 0 Å². The van der Waals surface area contributed by atoms with Gasteiger partial charge in [-0.05, 0) is 30.0 Å². The summed E-state index contributed by atoms with van der Waals surface area (Å²) in [6.07, 6.45) is 1.11. The van der Waals surface area contributed by atoms with E-state index in [1.165, 1.54) is 13.2 Å². The van der Waals surface area contributed by atoms with Crippen LogP contribution in [0.15, 0.2) is 12.1 Å². The first kappa shape index (κ1) is 15.6. The molecule has 2 rings (SSSR count). The molecule has 116 valence electrons. The molecule has 0 aromatic heterocycles. The van der Waals surface area contributed by atoms with Crippen molar-refractivity contribution in [1.82, 2.24) is 4.90 Å². The van der Waals surface area contributed by atoms with E-state index in [9.17, 15) is 18.9 Å². The number of rotatable bonds is 4. The molecule has 0 bridgehead atoms. The highest BCUT2D eigenvalue weighted by Gasteiger charge is 2.27. The van der Waals surface area contributed by atoms with Crippen molar-refractivity contribution in [2.24, 2.45) is 0 Å². The molecule has 0 N–H and O–H groups in total. The fourth-order valence-corrected chi connectivity index (χ4v) is 2.65. The first-order valence-corrected chi connectivity index (χ1v) is 6.74. The number of halogens is 2. The van der Waals surface area contributed by atoms with Gasteiger partial charge < -0.3 is 4.74 Å². The Morgan fingerprint density at radius 2 is 1.90 bits per heavy atom. The normalized spacial score (nSPS) is 16.2. The third kappa shape index (κ3) is 3.87. The van der Waals surface area contributed by atoms with E-state index < -0.39 is 10.8 Å². The molecule has 1 heterocycles. The number of fused-ring (bicyclic) bond motifs is 1. The average molecular weight is 300 g/mol. The van der Waals surface area contributed by atoms with Crippen LogP contribution in [0.5, 0.6) is 5.75 Å². The third-order valence-electron chi connectivity index (χ3n) is 3.59. The van der Waals surface area contributed by atoms with Crippen LogP contribution in [0.25, 0.3) is 0 Å². The van der Waals surface area contributed by atoms with Gasteiger partial charge in [0.2, 0.25) is 0 Å². The Morgan fingerprint density at radius 3 is 2.38 bits per heavy atom. The van der Waals surface area contributed by atoms with Crippen molar-refractivity contribution in [3.8, 4) is 5.75 Å². The van der Waals surface area contributed by atoms with E-state index in [-0.39, 0.29) is 18.0 Å². The van der Waals surface area contributed by atoms with Crippen LogP contribution in [0.2, 0.25) is 0 Å². The first-order chi connectivity index (χ1) is 9.80. The summed E-state index contributed by atoms with van der Waals surface area (Å²) in [5.41, 5.74) is 1.69. The number of nitro groups is 1. The molecule has 1 aromatic carbocycles. The monoisotopic (exact) mass is 300 g/mol. The summed E-state index contributed by atoms with van der Waals surface area (Å²) < 4.78 is 31.3. The molecule has 0 radical (unpaired) electrons. The molecule has 0 saturated heterocycles. The van der Waals surface area contributed by atoms with Crippen LogP contribution in [0, 0.1) is 10.1 Å². The van der Waals surface area contributed by atoms with Crippen molar-refractivity contribution in [3.63, 3.8) is 0 Å². The van der Waals surface area contributed by atoms with Gasteiger partial charge in [0.1, 0.15) is 0 Å². The Bertz CT molecular complexity index is 544. The Morgan fingerprint density at radius 1 is 1.33 bits per heavy atom. The lowest BCUT2D eigenvalue weighted by molar-refractivity contribution is -0.385. The molecule has 0 fully saturated rings. The van der Waals surface area contributed by atoms with E-state index in [2.05, 4.69) is 0 Å². The molecular weight excluding hydrogens is 282 g/mol. The van der Waals surface area contributed by atoms with Crippen molar-refractivity contribution < 1.29 is 18.4 Å². The minimum Gasteiger partial charge on any atom is -0.490 e. The van der Waals surface area contributed by atoms with Crippen LogP contribution in [0.3, 0.4) is 0 Å². The van der Waals surface area contributed by atoms with Crippen molar-refractivity contribution in [1.29, 1.82) is 0 Å². The van der Waals surface area contributed by atoms with Crippen LogP contribution in [-0.2, 0) is 12.8 Å². The quantitative estimate of drug-likeness (QED) is 0.633. The van der Waals surface area contributed by atoms with Crippen LogP contribution in [0.4, 0.5) is 14.5 Å². The van der Waals surface area contributed by atoms with E-state index >= 15 is 0 Å². The molecular formula is C14H18F2N2O3. The summed E-state index contributed by atoms with van der Waals surface area (Å²) in [6.45, 7) is 1.59. The SMILES string of the molecule is COc1cc2c(cc1[N+](=O)[O-])CCN(CC(C)(F)F)CC2. The third-order valence-corrected chi connectivity index (χ3v) is 3.59. The molecule has 0 aliphatic carbocycles. The summed E-state index contributed by atoms with van der Waals surface area (Å²) >= 11 is 0. The smallest absolute Gasteiger partial charge is 0.311 e. The fraction of sp³-hybridized carbons (Fsp3) is 0.571. The number of ether oxygens (including phenoxy) is 1. The zero-order chi connectivity index (χ0) is 15.6. The zero-order valence-electron chi connectivity index (χ0n) is 12.1. The van der Waals surface area contributed by atoms with E-state index in [0.29, 0.717) is 25.9 Å². The number of alkyl halides is 2. The summed E-state index contributed by atoms with van der Waals surface area (Å²) in [7, 11) is 1.38. The topological polar surface area (TPSA) is 55.6 Å². The minimum atomic E-state index is -2.74. The van der Waals surface area contributed by atoms with Crippen LogP contribution >= 0.6 is 0 Å². The molecule has 1 aliphatic rings. The predicted molar refractivity (Wildman–Crippen MR) is 74.1 cm³/mol. The molecule has 0 saturated carbocycles. The number of hydrogen-bond donors (Lipinski definition) is 0. The van der Waals surface area contributed by atoms with Crippen molar-refractivity contribution in [2.45, 2.75) is 25.7 Å². The molecule has 0 amide bonds. The maximum atomic E-state index is 13.1. The molecule has 0 spiro atoms. The molecule has 1 aromatic rings. The summed E-state index contributed by atoms with van der Waals surface area (Å²) in [6, 6.07) is 3.16. The van der Waals surface area contributed by atoms with Gasteiger partial charge in [-0.15, -0.1) is 0 Å². The first-order valence-electron chi connectivity index (χ1n) is 6.74. The highest BCUT2D eigenvalue weighted by Crippen LogP contribution is 2.32. The second-order valence-corrected chi connectivity index (χ2v) is 5.40. The maximum Gasteiger partial charge on any atom is 0.311 e. The van der Waals surface area contributed by atoms with Gasteiger partial charge in [-0.1, -0.05) is 0 Å². The van der Waals surface area contributed by atoms with Crippen LogP contribution in [0.1, 0.15) is 18.1 Å². The summed E-state index contributed by atoms with van der Waals surface area (Å²) in [5, 5.41) is 11.0. The molecule has 7 heteroatoms. The lowest BCUT2D eigenvalue weighted by Crippen LogP contribution is -2.36. The summed E-state index contributed by atoms with van der Waals surface area (Å²) in [5.74, 6) is -2.52. The second-order valence-electron chi connectivity index (χ2n) is 5.40. The Balaban J connectivity index is 2.23. The van der Waals surface area contributed by atoms with Crippen LogP contribution in [-0.4, -0.2) is 42.5 Å². The standard InChI is InChI=1S/C14H18F2N2O3/c1-14(15,16)9-17-5-3-10-7-12(18(19)20)13(21-2)8-11(10)4-6-17/h7-8H,3-6,9H2,1-2H3. The predicted octanol–water partition coefficient (Wildman–Crippen LogP) is 2.66. The Kier molecular flexibility index (Phi) is 4.41. The number of hydrogen-bond acceptors (Lipinski definition) is 4. The highest BCUT2D eigenvalue weighted by atomic mass is 19.3. The number of methoxy groups -OCH3 is 1. The maximum absolute atomic E-state index is 13.1. The van der Waals surface area contributed by atoms with Gasteiger partial charge in [0.25, 0.3) is 5.92 Å². The van der Waals surface area contributed by atoms with Crippen molar-refractivity contribution in [2.75, 3.05) is 26.7 Å². The number of nitro benzene ring substituents is 1. The Labute approximate surface area is 121 Å². The molecule has 0 atom stereocenters. The second kappa shape index (κ2) is 5.93. The lowest BCUT2D eigenvalue weighted by Gasteiger charge is -2.23. The fourth-order valence-electron chi connectivity index (χ4n) is 2.65. The van der Waals surface area contributed by atoms with Gasteiger partial charge in [-0.2, -0.15) is 0 Å². The van der Waals surface area contributed by atoms with Crippen molar-refractivity contribution >= 4 is 5.69 Å². The summed E-state index contributed by atoms with van der Waals surface area (Å²) in [4.78, 5) is 12.2. The highest BCUT2D eigenvalue weighted by molar-refractivity contribution is 5.52. The van der Waals surface area contributed by atoms with E-state index in [4.69, 9.17) is 4.74 Å². The Hall–Kier alpha value is -1.76. The average Bonchev–Trinajstić information content (AvgIpc) is 2.58.